The lowest BCUT2D eigenvalue weighted by molar-refractivity contribution is -0.137. The number of fused-ring (bicyclic) bond motifs is 3. The topological polar surface area (TPSA) is 154 Å². The van der Waals surface area contributed by atoms with Crippen molar-refractivity contribution in [3.05, 3.63) is 64.3 Å². The van der Waals surface area contributed by atoms with E-state index in [2.05, 4.69) is 40.6 Å². The van der Waals surface area contributed by atoms with E-state index < -0.39 is 39.9 Å². The number of hydrogen-bond donors (Lipinski definition) is 4. The standard InChI is InChI=1S/C49H56ClF5N10O3/c50-36-18-28(56)17-34(40(36)49(53,54)55)42-41(52)43-35(22-57-42)44(65-23-30-1-2-31(24-65)58-30)62-46(61-43)68-26-48(9-10-48)25-63-15-11-47(12-16-63)20-32(21-47)64-13-7-27(8-14-64)33-4-3-29(19-37(33)51)59-38-5-6-39(66)60-45(38)67/h3-4,17-19,22,27,30-32,38,58-59H,1-2,5-16,20-21,23-26,56H2,(H,60,66,67). The Morgan fingerprint density at radius 2 is 1.66 bits per heavy atom. The van der Waals surface area contributed by atoms with Crippen molar-refractivity contribution >= 4 is 51.5 Å². The van der Waals surface area contributed by atoms with Crippen LogP contribution in [0.4, 0.5) is 39.1 Å². The third-order valence-electron chi connectivity index (χ3n) is 16.2. The molecule has 7 heterocycles. The van der Waals surface area contributed by atoms with Crippen LogP contribution < -0.4 is 31.3 Å². The number of rotatable bonds is 11. The molecule has 2 saturated carbocycles. The highest BCUT2D eigenvalue weighted by molar-refractivity contribution is 6.32. The van der Waals surface area contributed by atoms with Gasteiger partial charge in [0.2, 0.25) is 11.8 Å². The minimum absolute atomic E-state index is 0.0214. The minimum Gasteiger partial charge on any atom is -0.463 e. The van der Waals surface area contributed by atoms with E-state index in [-0.39, 0.29) is 70.1 Å². The number of piperidine rings is 3. The Bertz CT molecular complexity index is 2620. The number of ether oxygens (including phenoxy) is 1. The van der Waals surface area contributed by atoms with Gasteiger partial charge in [-0.05, 0) is 138 Å². The predicted molar refractivity (Wildman–Crippen MR) is 247 cm³/mol. The fourth-order valence-electron chi connectivity index (χ4n) is 12.2. The first-order valence-electron chi connectivity index (χ1n) is 24.1. The third-order valence-corrected chi connectivity index (χ3v) is 16.5. The molecule has 1 spiro atoms. The van der Waals surface area contributed by atoms with E-state index in [1.807, 2.05) is 12.1 Å². The van der Waals surface area contributed by atoms with Gasteiger partial charge in [0.1, 0.15) is 28.9 Å². The maximum absolute atomic E-state index is 16.7. The van der Waals surface area contributed by atoms with Crippen molar-refractivity contribution in [2.24, 2.45) is 10.8 Å². The van der Waals surface area contributed by atoms with Gasteiger partial charge in [-0.2, -0.15) is 23.1 Å². The molecule has 5 aliphatic heterocycles. The second-order valence-electron chi connectivity index (χ2n) is 20.8. The van der Waals surface area contributed by atoms with E-state index in [1.54, 1.807) is 0 Å². The van der Waals surface area contributed by atoms with Crippen molar-refractivity contribution in [2.75, 3.05) is 68.4 Å². The SMILES string of the molecule is Nc1cc(Cl)c(C(F)(F)F)c(-c2ncc3c(N4CC5CCC(C4)N5)nc(OCC4(CN5CCC6(CC5)CC(N5CCC(c7ccc(NC8CCC(=O)NC8=O)cc7F)CC5)C6)CC4)nc3c2F)c1. The first-order valence-corrected chi connectivity index (χ1v) is 24.5. The number of aromatic nitrogens is 3. The molecular formula is C49H56ClF5N10O3. The Labute approximate surface area is 396 Å². The molecule has 7 fully saturated rings. The summed E-state index contributed by atoms with van der Waals surface area (Å²) >= 11 is 6.06. The number of carbonyl (C=O) groups is 2. The molecule has 5 N–H and O–H groups in total. The van der Waals surface area contributed by atoms with Gasteiger partial charge < -0.3 is 35.8 Å². The van der Waals surface area contributed by atoms with Crippen LogP contribution in [0.15, 0.2) is 36.5 Å². The number of imide groups is 1. The average molecular weight is 963 g/mol. The maximum atomic E-state index is 16.7. The van der Waals surface area contributed by atoms with Gasteiger partial charge in [-0.3, -0.25) is 19.9 Å². The summed E-state index contributed by atoms with van der Waals surface area (Å²) < 4.78 is 81.5. The molecular weight excluding hydrogens is 907 g/mol. The first kappa shape index (κ1) is 45.5. The summed E-state index contributed by atoms with van der Waals surface area (Å²) in [5, 5.41) is 8.65. The number of amides is 2. The van der Waals surface area contributed by atoms with Crippen molar-refractivity contribution in [3.63, 3.8) is 0 Å². The maximum Gasteiger partial charge on any atom is 0.418 e. The molecule has 13 nitrogen and oxygen atoms in total. The third kappa shape index (κ3) is 8.94. The van der Waals surface area contributed by atoms with Gasteiger partial charge >= 0.3 is 12.2 Å². The van der Waals surface area contributed by atoms with Crippen LogP contribution in [0.2, 0.25) is 5.02 Å². The Kier molecular flexibility index (Phi) is 11.7. The summed E-state index contributed by atoms with van der Waals surface area (Å²) in [5.74, 6) is -1.37. The lowest BCUT2D eigenvalue weighted by atomic mass is 9.59. The van der Waals surface area contributed by atoms with Crippen LogP contribution >= 0.6 is 11.6 Å². The highest BCUT2D eigenvalue weighted by atomic mass is 35.5. The lowest BCUT2D eigenvalue weighted by Crippen LogP contribution is -2.56. The van der Waals surface area contributed by atoms with Crippen LogP contribution in [0.1, 0.15) is 94.1 Å². The Morgan fingerprint density at radius 1 is 0.926 bits per heavy atom. The van der Waals surface area contributed by atoms with Gasteiger partial charge in [0.25, 0.3) is 0 Å². The van der Waals surface area contributed by atoms with Crippen molar-refractivity contribution < 1.29 is 36.3 Å². The Morgan fingerprint density at radius 3 is 2.34 bits per heavy atom. The number of nitrogen functional groups attached to an aromatic ring is 1. The number of pyridine rings is 1. The normalized spacial score (nSPS) is 25.4. The molecule has 2 bridgehead atoms. The van der Waals surface area contributed by atoms with Crippen molar-refractivity contribution in [3.8, 4) is 17.3 Å². The molecule has 2 aliphatic carbocycles. The molecule has 7 aliphatic rings. The quantitative estimate of drug-likeness (QED) is 0.0663. The van der Waals surface area contributed by atoms with E-state index in [9.17, 15) is 22.8 Å². The molecule has 3 atom stereocenters. The second kappa shape index (κ2) is 17.5. The molecule has 362 valence electrons. The summed E-state index contributed by atoms with van der Waals surface area (Å²) in [4.78, 5) is 44.5. The second-order valence-corrected chi connectivity index (χ2v) is 21.2. The summed E-state index contributed by atoms with van der Waals surface area (Å²) in [7, 11) is 0. The molecule has 11 rings (SSSR count). The van der Waals surface area contributed by atoms with Crippen LogP contribution in [0.5, 0.6) is 6.01 Å². The van der Waals surface area contributed by atoms with Crippen LogP contribution in [0.25, 0.3) is 22.2 Å². The summed E-state index contributed by atoms with van der Waals surface area (Å²) in [6, 6.07) is 7.60. The van der Waals surface area contributed by atoms with Gasteiger partial charge in [-0.1, -0.05) is 17.7 Å². The molecule has 2 aromatic heterocycles. The van der Waals surface area contributed by atoms with Crippen LogP contribution in [-0.4, -0.2) is 113 Å². The highest BCUT2D eigenvalue weighted by Crippen LogP contribution is 2.54. The zero-order chi connectivity index (χ0) is 47.1. The van der Waals surface area contributed by atoms with Gasteiger partial charge in [-0.15, -0.1) is 0 Å². The van der Waals surface area contributed by atoms with Crippen LogP contribution in [0, 0.1) is 22.5 Å². The number of nitrogens with zero attached hydrogens (tertiary/aromatic N) is 6. The largest absolute Gasteiger partial charge is 0.463 e. The number of alkyl halides is 3. The smallest absolute Gasteiger partial charge is 0.418 e. The highest BCUT2D eigenvalue weighted by Gasteiger charge is 2.51. The molecule has 2 aromatic carbocycles. The van der Waals surface area contributed by atoms with Gasteiger partial charge in [-0.25, -0.2) is 8.78 Å². The minimum atomic E-state index is -4.90. The van der Waals surface area contributed by atoms with Crippen molar-refractivity contribution in [1.29, 1.82) is 0 Å². The summed E-state index contributed by atoms with van der Waals surface area (Å²) in [6.45, 7) is 6.33. The zero-order valence-corrected chi connectivity index (χ0v) is 38.5. The van der Waals surface area contributed by atoms with Crippen LogP contribution in [-0.2, 0) is 15.8 Å². The number of halogens is 6. The van der Waals surface area contributed by atoms with Crippen LogP contribution in [0.3, 0.4) is 0 Å². The number of piperazine rings is 1. The molecule has 0 radical (unpaired) electrons. The Hall–Kier alpha value is -4.91. The number of nitrogens with one attached hydrogen (secondary N) is 3. The number of benzene rings is 2. The number of carbonyl (C=O) groups excluding carboxylic acids is 2. The summed E-state index contributed by atoms with van der Waals surface area (Å²) in [6.07, 6.45) is 7.45. The van der Waals surface area contributed by atoms with E-state index in [4.69, 9.17) is 27.1 Å². The molecule has 68 heavy (non-hydrogen) atoms. The van der Waals surface area contributed by atoms with E-state index in [1.165, 1.54) is 25.1 Å². The van der Waals surface area contributed by atoms with Gasteiger partial charge in [0.05, 0.1) is 22.6 Å². The lowest BCUT2D eigenvalue weighted by Gasteiger charge is -2.56. The van der Waals surface area contributed by atoms with Crippen molar-refractivity contribution in [1.82, 2.24) is 35.4 Å². The zero-order valence-electron chi connectivity index (χ0n) is 37.7. The first-order chi connectivity index (χ1) is 32.6. The number of anilines is 3. The number of hydrogen-bond acceptors (Lipinski definition) is 12. The average Bonchev–Trinajstić information content (AvgIpc) is 3.98. The van der Waals surface area contributed by atoms with E-state index in [0.717, 1.165) is 102 Å². The van der Waals surface area contributed by atoms with E-state index >= 15 is 8.78 Å². The molecule has 4 aromatic rings. The van der Waals surface area contributed by atoms with Gasteiger partial charge in [0, 0.05) is 72.7 Å². The monoisotopic (exact) mass is 962 g/mol. The summed E-state index contributed by atoms with van der Waals surface area (Å²) in [5.41, 5.74) is 4.84. The molecule has 5 saturated heterocycles. The predicted octanol–water partition coefficient (Wildman–Crippen LogP) is 7.67. The molecule has 3 unspecified atom stereocenters. The fourth-order valence-corrected chi connectivity index (χ4v) is 12.5. The molecule has 19 heteroatoms. The Balaban J connectivity index is 0.707. The van der Waals surface area contributed by atoms with Gasteiger partial charge in [0.15, 0.2) is 5.82 Å². The number of likely N-dealkylation sites (tertiary alicyclic amines) is 2. The van der Waals surface area contributed by atoms with Crippen molar-refractivity contribution in [2.45, 2.75) is 113 Å². The van der Waals surface area contributed by atoms with E-state index in [0.29, 0.717) is 49.1 Å². The molecule has 2 amide bonds. The fraction of sp³-hybridized carbons (Fsp3) is 0.571. The number of nitrogens with two attached hydrogens (primary N) is 1.